The van der Waals surface area contributed by atoms with Gasteiger partial charge in [-0.05, 0) is 18.6 Å². The van der Waals surface area contributed by atoms with Crippen molar-refractivity contribution in [3.05, 3.63) is 24.3 Å². The van der Waals surface area contributed by atoms with Crippen molar-refractivity contribution < 1.29 is 9.59 Å². The molecule has 5 nitrogen and oxygen atoms in total. The Morgan fingerprint density at radius 3 is 2.72 bits per heavy atom. The quantitative estimate of drug-likeness (QED) is 0.864. The fourth-order valence-electron chi connectivity index (χ4n) is 1.92. The molecule has 18 heavy (non-hydrogen) atoms. The van der Waals surface area contributed by atoms with Crippen LogP contribution in [0.5, 0.6) is 0 Å². The van der Waals surface area contributed by atoms with Crippen LogP contribution in [0.1, 0.15) is 12.8 Å². The molecule has 1 aliphatic heterocycles. The molecule has 0 atom stereocenters. The van der Waals surface area contributed by atoms with Gasteiger partial charge in [0.05, 0.1) is 17.9 Å². The van der Waals surface area contributed by atoms with E-state index in [-0.39, 0.29) is 30.8 Å². The number of nitrogens with two attached hydrogens (primary N) is 1. The summed E-state index contributed by atoms with van der Waals surface area (Å²) in [6.45, 7) is 0.636. The number of anilines is 2. The maximum Gasteiger partial charge on any atom is 0.238 e. The van der Waals surface area contributed by atoms with Crippen molar-refractivity contribution in [3.63, 3.8) is 0 Å². The Hall–Kier alpha value is -1.59. The lowest BCUT2D eigenvalue weighted by Gasteiger charge is -2.19. The first-order valence-corrected chi connectivity index (χ1v) is 5.61. The van der Waals surface area contributed by atoms with Crippen LogP contribution >= 0.6 is 12.4 Å². The normalized spacial score (nSPS) is 14.3. The minimum absolute atomic E-state index is 0. The minimum atomic E-state index is -0.260. The molecule has 1 fully saturated rings. The van der Waals surface area contributed by atoms with Gasteiger partial charge in [0, 0.05) is 13.0 Å². The highest BCUT2D eigenvalue weighted by Crippen LogP contribution is 2.29. The number of benzene rings is 1. The van der Waals surface area contributed by atoms with E-state index in [2.05, 4.69) is 5.32 Å². The van der Waals surface area contributed by atoms with Gasteiger partial charge in [-0.25, -0.2) is 0 Å². The Morgan fingerprint density at radius 2 is 2.11 bits per heavy atom. The van der Waals surface area contributed by atoms with E-state index in [9.17, 15) is 9.59 Å². The maximum atomic E-state index is 11.7. The standard InChI is InChI=1S/C12H15N3O2.ClH/c13-8-11(16)14-9-4-1-2-5-10(9)15-7-3-6-12(15)17;/h1-2,4-5H,3,6-8,13H2,(H,14,16);1H. The molecule has 0 bridgehead atoms. The van der Waals surface area contributed by atoms with Crippen LogP contribution in [-0.4, -0.2) is 24.9 Å². The predicted octanol–water partition coefficient (Wildman–Crippen LogP) is 1.13. The zero-order valence-corrected chi connectivity index (χ0v) is 10.7. The third-order valence-corrected chi connectivity index (χ3v) is 2.73. The summed E-state index contributed by atoms with van der Waals surface area (Å²) in [6.07, 6.45) is 1.43. The second-order valence-corrected chi connectivity index (χ2v) is 3.92. The number of rotatable bonds is 3. The monoisotopic (exact) mass is 269 g/mol. The summed E-state index contributed by atoms with van der Waals surface area (Å²) in [5, 5.41) is 2.70. The van der Waals surface area contributed by atoms with Crippen molar-refractivity contribution in [2.24, 2.45) is 5.73 Å². The lowest BCUT2D eigenvalue weighted by molar-refractivity contribution is -0.117. The predicted molar refractivity (Wildman–Crippen MR) is 73.0 cm³/mol. The number of carbonyl (C=O) groups is 2. The molecular weight excluding hydrogens is 254 g/mol. The first kappa shape index (κ1) is 14.5. The van der Waals surface area contributed by atoms with Crippen molar-refractivity contribution in [2.75, 3.05) is 23.3 Å². The summed E-state index contributed by atoms with van der Waals surface area (Å²) in [5.41, 5.74) is 6.64. The number of nitrogens with zero attached hydrogens (tertiary/aromatic N) is 1. The molecule has 0 aliphatic carbocycles. The number of halogens is 1. The Balaban J connectivity index is 0.00000162. The molecule has 0 unspecified atom stereocenters. The molecule has 2 rings (SSSR count). The van der Waals surface area contributed by atoms with Crippen LogP contribution < -0.4 is 16.0 Å². The van der Waals surface area contributed by atoms with Crippen LogP contribution in [0.25, 0.3) is 0 Å². The number of hydrogen-bond acceptors (Lipinski definition) is 3. The van der Waals surface area contributed by atoms with Crippen LogP contribution in [-0.2, 0) is 9.59 Å². The number of para-hydroxylation sites is 2. The molecule has 1 saturated heterocycles. The number of nitrogens with one attached hydrogen (secondary N) is 1. The van der Waals surface area contributed by atoms with Crippen molar-refractivity contribution in [1.29, 1.82) is 0 Å². The average Bonchev–Trinajstić information content (AvgIpc) is 2.76. The number of carbonyl (C=O) groups excluding carboxylic acids is 2. The van der Waals surface area contributed by atoms with E-state index in [1.54, 1.807) is 11.0 Å². The third-order valence-electron chi connectivity index (χ3n) is 2.73. The van der Waals surface area contributed by atoms with Gasteiger partial charge in [0.2, 0.25) is 11.8 Å². The van der Waals surface area contributed by atoms with E-state index < -0.39 is 0 Å². The number of amides is 2. The van der Waals surface area contributed by atoms with Crippen molar-refractivity contribution >= 4 is 35.6 Å². The molecule has 1 aromatic rings. The van der Waals surface area contributed by atoms with Crippen molar-refractivity contribution in [3.8, 4) is 0 Å². The molecule has 0 radical (unpaired) electrons. The molecule has 3 N–H and O–H groups in total. The SMILES string of the molecule is Cl.NCC(=O)Nc1ccccc1N1CCCC1=O. The van der Waals surface area contributed by atoms with E-state index in [4.69, 9.17) is 5.73 Å². The molecule has 0 saturated carbocycles. The Morgan fingerprint density at radius 1 is 1.39 bits per heavy atom. The van der Waals surface area contributed by atoms with E-state index >= 15 is 0 Å². The van der Waals surface area contributed by atoms with Crippen LogP contribution in [0, 0.1) is 0 Å². The summed E-state index contributed by atoms with van der Waals surface area (Å²) in [5.74, 6) is -0.163. The van der Waals surface area contributed by atoms with Gasteiger partial charge in [-0.2, -0.15) is 0 Å². The van der Waals surface area contributed by atoms with Crippen LogP contribution in [0.4, 0.5) is 11.4 Å². The van der Waals surface area contributed by atoms with E-state index in [1.165, 1.54) is 0 Å². The highest BCUT2D eigenvalue weighted by atomic mass is 35.5. The molecule has 1 aromatic carbocycles. The summed E-state index contributed by atoms with van der Waals surface area (Å²) < 4.78 is 0. The van der Waals surface area contributed by atoms with Crippen LogP contribution in [0.2, 0.25) is 0 Å². The van der Waals surface area contributed by atoms with Crippen LogP contribution in [0.3, 0.4) is 0 Å². The lowest BCUT2D eigenvalue weighted by Crippen LogP contribution is -2.27. The smallest absolute Gasteiger partial charge is 0.238 e. The topological polar surface area (TPSA) is 75.4 Å². The summed E-state index contributed by atoms with van der Waals surface area (Å²) in [4.78, 5) is 24.7. The Kier molecular flexibility index (Phi) is 5.12. The summed E-state index contributed by atoms with van der Waals surface area (Å²) >= 11 is 0. The second-order valence-electron chi connectivity index (χ2n) is 3.92. The summed E-state index contributed by atoms with van der Waals surface area (Å²) in [7, 11) is 0. The second kappa shape index (κ2) is 6.37. The van der Waals surface area contributed by atoms with Gasteiger partial charge in [0.15, 0.2) is 0 Å². The van der Waals surface area contributed by atoms with Gasteiger partial charge in [0.1, 0.15) is 0 Å². The molecule has 1 heterocycles. The zero-order chi connectivity index (χ0) is 12.3. The van der Waals surface area contributed by atoms with Gasteiger partial charge < -0.3 is 16.0 Å². The molecule has 6 heteroatoms. The van der Waals surface area contributed by atoms with E-state index in [0.29, 0.717) is 18.7 Å². The van der Waals surface area contributed by atoms with Gasteiger partial charge in [-0.1, -0.05) is 12.1 Å². The van der Waals surface area contributed by atoms with Crippen molar-refractivity contribution in [2.45, 2.75) is 12.8 Å². The third kappa shape index (κ3) is 3.00. The fraction of sp³-hybridized carbons (Fsp3) is 0.333. The molecular formula is C12H16ClN3O2. The van der Waals surface area contributed by atoms with Crippen LogP contribution in [0.15, 0.2) is 24.3 Å². The van der Waals surface area contributed by atoms with Gasteiger partial charge in [-0.15, -0.1) is 12.4 Å². The maximum absolute atomic E-state index is 11.7. The number of hydrogen-bond donors (Lipinski definition) is 2. The molecule has 0 spiro atoms. The van der Waals surface area contributed by atoms with E-state index in [0.717, 1.165) is 12.1 Å². The minimum Gasteiger partial charge on any atom is -0.323 e. The molecule has 98 valence electrons. The lowest BCUT2D eigenvalue weighted by atomic mass is 10.2. The Labute approximate surface area is 112 Å². The first-order chi connectivity index (χ1) is 8.22. The molecule has 2 amide bonds. The zero-order valence-electron chi connectivity index (χ0n) is 9.89. The highest BCUT2D eigenvalue weighted by molar-refractivity contribution is 6.02. The van der Waals surface area contributed by atoms with Crippen molar-refractivity contribution in [1.82, 2.24) is 0 Å². The molecule has 0 aromatic heterocycles. The summed E-state index contributed by atoms with van der Waals surface area (Å²) in [6, 6.07) is 7.26. The Bertz CT molecular complexity index is 451. The molecule has 1 aliphatic rings. The van der Waals surface area contributed by atoms with Gasteiger partial charge >= 0.3 is 0 Å². The van der Waals surface area contributed by atoms with Gasteiger partial charge in [0.25, 0.3) is 0 Å². The highest BCUT2D eigenvalue weighted by Gasteiger charge is 2.23. The average molecular weight is 270 g/mol. The van der Waals surface area contributed by atoms with E-state index in [1.807, 2.05) is 18.2 Å². The first-order valence-electron chi connectivity index (χ1n) is 5.61. The largest absolute Gasteiger partial charge is 0.323 e. The fourth-order valence-corrected chi connectivity index (χ4v) is 1.92. The van der Waals surface area contributed by atoms with Gasteiger partial charge in [-0.3, -0.25) is 9.59 Å².